The zero-order valence-electron chi connectivity index (χ0n) is 17.6. The third-order valence-corrected chi connectivity index (χ3v) is 8.62. The summed E-state index contributed by atoms with van der Waals surface area (Å²) in [7, 11) is 0. The summed E-state index contributed by atoms with van der Waals surface area (Å²) in [5, 5.41) is 5.29. The van der Waals surface area contributed by atoms with E-state index in [0.717, 1.165) is 28.5 Å². The lowest BCUT2D eigenvalue weighted by atomic mass is 9.78. The zero-order chi connectivity index (χ0) is 20.7. The second kappa shape index (κ2) is 8.21. The van der Waals surface area contributed by atoms with Crippen LogP contribution in [0.1, 0.15) is 63.9 Å². The summed E-state index contributed by atoms with van der Waals surface area (Å²) < 4.78 is 12.8. The molecule has 0 bridgehead atoms. The third kappa shape index (κ3) is 3.90. The van der Waals surface area contributed by atoms with E-state index in [0.29, 0.717) is 12.7 Å². The smallest absolute Gasteiger partial charge is 0.408 e. The Hall–Kier alpha value is -1.50. The third-order valence-electron chi connectivity index (χ3n) is 7.50. The van der Waals surface area contributed by atoms with Gasteiger partial charge < -0.3 is 14.8 Å². The number of fused-ring (bicyclic) bond motifs is 1. The van der Waals surface area contributed by atoms with Crippen LogP contribution in [0.2, 0.25) is 0 Å². The fourth-order valence-corrected chi connectivity index (χ4v) is 6.45. The van der Waals surface area contributed by atoms with Crippen LogP contribution in [0.3, 0.4) is 0 Å². The molecule has 1 amide bonds. The maximum Gasteiger partial charge on any atom is 0.408 e. The van der Waals surface area contributed by atoms with Crippen molar-refractivity contribution in [1.82, 2.24) is 5.32 Å². The molecule has 2 aliphatic carbocycles. The number of alkyl carbamates (subject to hydrolysis) is 1. The van der Waals surface area contributed by atoms with Gasteiger partial charge in [0.05, 0.1) is 15.2 Å². The van der Waals surface area contributed by atoms with E-state index in [2.05, 4.69) is 58.2 Å². The highest BCUT2D eigenvalue weighted by atomic mass is 127. The molecule has 160 valence electrons. The fraction of sp³-hybridized carbons (Fsp3) is 0.560. The quantitative estimate of drug-likeness (QED) is 0.468. The Balaban J connectivity index is 1.29. The summed E-state index contributed by atoms with van der Waals surface area (Å²) in [5.41, 5.74) is 0.597. The van der Waals surface area contributed by atoms with Crippen molar-refractivity contribution in [2.45, 2.75) is 69.9 Å². The summed E-state index contributed by atoms with van der Waals surface area (Å²) in [5.74, 6) is 2.92. The Kier molecular flexibility index (Phi) is 5.58. The minimum Gasteiger partial charge on any atom is -0.489 e. The van der Waals surface area contributed by atoms with Crippen LogP contribution in [0.4, 0.5) is 4.79 Å². The first-order valence-corrected chi connectivity index (χ1v) is 12.4. The standard InChI is InChI=1S/C25H30INO3/c1-25(15-29-24(28)27-25)19-9-12-21-18(14-19)8-13-22(23(21)26)30-20-10-6-17(7-11-20)16-4-2-3-5-16/h8-9,12-14,16-17,20H,2-7,10-11,15H2,1H3,(H,27,28)/t17-,20-,25-/m0/s1. The molecule has 1 heterocycles. The lowest BCUT2D eigenvalue weighted by Gasteiger charge is -2.32. The SMILES string of the molecule is C[C@@]1(c2ccc3c(I)c(O[C@H]4CC[C@H](C5CCCC5)CC4)ccc3c2)COC(=O)N1. The number of carbonyl (C=O) groups is 1. The van der Waals surface area contributed by atoms with Crippen molar-refractivity contribution in [3.8, 4) is 5.75 Å². The Bertz CT molecular complexity index is 947. The highest BCUT2D eigenvalue weighted by Gasteiger charge is 2.36. The molecular formula is C25H30INO3. The summed E-state index contributed by atoms with van der Waals surface area (Å²) in [6, 6.07) is 10.6. The van der Waals surface area contributed by atoms with E-state index in [1.54, 1.807) is 0 Å². The first-order chi connectivity index (χ1) is 14.5. The normalized spacial score (nSPS) is 29.7. The number of rotatable bonds is 4. The monoisotopic (exact) mass is 519 g/mol. The van der Waals surface area contributed by atoms with Gasteiger partial charge in [0, 0.05) is 0 Å². The van der Waals surface area contributed by atoms with Crippen LogP contribution in [0.25, 0.3) is 10.8 Å². The summed E-state index contributed by atoms with van der Waals surface area (Å²) in [6.07, 6.45) is 10.8. The number of benzene rings is 2. The first kappa shape index (κ1) is 20.4. The largest absolute Gasteiger partial charge is 0.489 e. The predicted octanol–water partition coefficient (Wildman–Crippen LogP) is 6.53. The van der Waals surface area contributed by atoms with Crippen LogP contribution in [0, 0.1) is 15.4 Å². The minimum absolute atomic E-state index is 0.345. The summed E-state index contributed by atoms with van der Waals surface area (Å²) in [4.78, 5) is 11.5. The van der Waals surface area contributed by atoms with Crippen LogP contribution < -0.4 is 10.1 Å². The van der Waals surface area contributed by atoms with Gasteiger partial charge in [-0.05, 0) is 95.5 Å². The van der Waals surface area contributed by atoms with E-state index in [1.807, 2.05) is 6.92 Å². The summed E-state index contributed by atoms with van der Waals surface area (Å²) >= 11 is 2.42. The van der Waals surface area contributed by atoms with Crippen LogP contribution in [0.5, 0.6) is 5.75 Å². The molecule has 2 aromatic rings. The molecule has 5 rings (SSSR count). The molecule has 0 spiro atoms. The number of amides is 1. The second-order valence-electron chi connectivity index (χ2n) is 9.55. The fourth-order valence-electron chi connectivity index (χ4n) is 5.66. The Labute approximate surface area is 192 Å². The van der Waals surface area contributed by atoms with Gasteiger partial charge in [0.15, 0.2) is 0 Å². The number of cyclic esters (lactones) is 1. The van der Waals surface area contributed by atoms with Crippen molar-refractivity contribution < 1.29 is 14.3 Å². The van der Waals surface area contributed by atoms with E-state index in [4.69, 9.17) is 9.47 Å². The number of nitrogens with one attached hydrogen (secondary N) is 1. The molecule has 1 aliphatic heterocycles. The van der Waals surface area contributed by atoms with Gasteiger partial charge in [-0.1, -0.05) is 43.9 Å². The van der Waals surface area contributed by atoms with Gasteiger partial charge >= 0.3 is 6.09 Å². The molecule has 0 radical (unpaired) electrons. The minimum atomic E-state index is -0.468. The molecule has 1 saturated heterocycles. The summed E-state index contributed by atoms with van der Waals surface area (Å²) in [6.45, 7) is 2.36. The maximum atomic E-state index is 11.5. The van der Waals surface area contributed by atoms with E-state index < -0.39 is 5.54 Å². The highest BCUT2D eigenvalue weighted by molar-refractivity contribution is 14.1. The van der Waals surface area contributed by atoms with Gasteiger partial charge in [-0.25, -0.2) is 4.79 Å². The maximum absolute atomic E-state index is 11.5. The van der Waals surface area contributed by atoms with E-state index in [9.17, 15) is 4.79 Å². The van der Waals surface area contributed by atoms with Gasteiger partial charge in [0.2, 0.25) is 0 Å². The lowest BCUT2D eigenvalue weighted by molar-refractivity contribution is 0.110. The van der Waals surface area contributed by atoms with E-state index in [1.165, 1.54) is 60.3 Å². The Morgan fingerprint density at radius 3 is 2.47 bits per heavy atom. The Morgan fingerprint density at radius 1 is 1.03 bits per heavy atom. The van der Waals surface area contributed by atoms with Crippen molar-refractivity contribution in [2.75, 3.05) is 6.61 Å². The van der Waals surface area contributed by atoms with Gasteiger partial charge in [0.25, 0.3) is 0 Å². The number of hydrogen-bond acceptors (Lipinski definition) is 3. The van der Waals surface area contributed by atoms with Crippen LogP contribution >= 0.6 is 22.6 Å². The van der Waals surface area contributed by atoms with Crippen molar-refractivity contribution >= 4 is 39.5 Å². The second-order valence-corrected chi connectivity index (χ2v) is 10.6. The van der Waals surface area contributed by atoms with Gasteiger partial charge in [-0.3, -0.25) is 0 Å². The molecule has 2 saturated carbocycles. The van der Waals surface area contributed by atoms with Gasteiger partial charge in [0.1, 0.15) is 12.4 Å². The number of ether oxygens (including phenoxy) is 2. The molecule has 5 heteroatoms. The number of hydrogen-bond donors (Lipinski definition) is 1. The molecular weight excluding hydrogens is 489 g/mol. The highest BCUT2D eigenvalue weighted by Crippen LogP contribution is 2.41. The first-order valence-electron chi connectivity index (χ1n) is 11.4. The zero-order valence-corrected chi connectivity index (χ0v) is 19.7. The van der Waals surface area contributed by atoms with Crippen molar-refractivity contribution in [3.05, 3.63) is 39.5 Å². The van der Waals surface area contributed by atoms with Gasteiger partial charge in [-0.15, -0.1) is 0 Å². The molecule has 0 unspecified atom stereocenters. The van der Waals surface area contributed by atoms with E-state index in [-0.39, 0.29) is 6.09 Å². The predicted molar refractivity (Wildman–Crippen MR) is 127 cm³/mol. The van der Waals surface area contributed by atoms with Crippen molar-refractivity contribution in [2.24, 2.45) is 11.8 Å². The average molecular weight is 519 g/mol. The molecule has 1 atom stereocenters. The molecule has 0 aromatic heterocycles. The van der Waals surface area contributed by atoms with Crippen LogP contribution in [-0.2, 0) is 10.3 Å². The van der Waals surface area contributed by atoms with E-state index >= 15 is 0 Å². The number of carbonyl (C=O) groups excluding carboxylic acids is 1. The van der Waals surface area contributed by atoms with Crippen LogP contribution in [0.15, 0.2) is 30.3 Å². The molecule has 30 heavy (non-hydrogen) atoms. The lowest BCUT2D eigenvalue weighted by Crippen LogP contribution is -2.37. The number of halogens is 1. The topological polar surface area (TPSA) is 47.6 Å². The van der Waals surface area contributed by atoms with Crippen molar-refractivity contribution in [3.63, 3.8) is 0 Å². The molecule has 3 aliphatic rings. The molecule has 4 nitrogen and oxygen atoms in total. The molecule has 2 aromatic carbocycles. The average Bonchev–Trinajstić information content (AvgIpc) is 3.41. The Morgan fingerprint density at radius 2 is 1.77 bits per heavy atom. The van der Waals surface area contributed by atoms with Gasteiger partial charge in [-0.2, -0.15) is 0 Å². The molecule has 1 N–H and O–H groups in total. The van der Waals surface area contributed by atoms with Crippen molar-refractivity contribution in [1.29, 1.82) is 0 Å². The molecule has 3 fully saturated rings. The van der Waals surface area contributed by atoms with Crippen LogP contribution in [-0.4, -0.2) is 18.8 Å².